The average molecular weight is 157 g/mol. The molecule has 0 fully saturated rings. The van der Waals surface area contributed by atoms with Gasteiger partial charge in [0.05, 0.1) is 6.54 Å². The lowest BCUT2D eigenvalue weighted by Crippen LogP contribution is -2.25. The molecule has 1 N–H and O–H groups in total. The monoisotopic (exact) mass is 157 g/mol. The zero-order valence-electron chi connectivity index (χ0n) is 7.81. The van der Waals surface area contributed by atoms with Gasteiger partial charge in [-0.15, -0.1) is 0 Å². The predicted octanol–water partition coefficient (Wildman–Crippen LogP) is 1.60. The van der Waals surface area contributed by atoms with Gasteiger partial charge < -0.3 is 5.32 Å². The Morgan fingerprint density at radius 1 is 1.45 bits per heavy atom. The van der Waals surface area contributed by atoms with Gasteiger partial charge in [-0.2, -0.15) is 0 Å². The molecule has 11 heavy (non-hydrogen) atoms. The van der Waals surface area contributed by atoms with Crippen molar-refractivity contribution in [3.63, 3.8) is 0 Å². The zero-order valence-corrected chi connectivity index (χ0v) is 7.81. The van der Waals surface area contributed by atoms with Gasteiger partial charge in [0.1, 0.15) is 5.78 Å². The van der Waals surface area contributed by atoms with Crippen LogP contribution in [0, 0.1) is 5.92 Å². The van der Waals surface area contributed by atoms with Crippen LogP contribution in [-0.4, -0.2) is 19.4 Å². The Balaban J connectivity index is 3.71. The summed E-state index contributed by atoms with van der Waals surface area (Å²) in [6, 6.07) is 0. The van der Waals surface area contributed by atoms with E-state index in [1.54, 1.807) is 0 Å². The Morgan fingerprint density at radius 3 is 2.45 bits per heavy atom. The molecule has 66 valence electrons. The van der Waals surface area contributed by atoms with Crippen molar-refractivity contribution in [1.29, 1.82) is 0 Å². The van der Waals surface area contributed by atoms with Crippen LogP contribution in [-0.2, 0) is 4.79 Å². The van der Waals surface area contributed by atoms with E-state index in [2.05, 4.69) is 19.2 Å². The highest BCUT2D eigenvalue weighted by atomic mass is 16.1. The minimum absolute atomic E-state index is 0.285. The largest absolute Gasteiger partial charge is 0.313 e. The van der Waals surface area contributed by atoms with E-state index in [1.807, 2.05) is 7.05 Å². The van der Waals surface area contributed by atoms with Crippen molar-refractivity contribution in [2.75, 3.05) is 13.6 Å². The molecule has 2 heteroatoms. The summed E-state index contributed by atoms with van der Waals surface area (Å²) < 4.78 is 0. The van der Waals surface area contributed by atoms with Crippen LogP contribution < -0.4 is 5.32 Å². The Morgan fingerprint density at radius 2 is 2.09 bits per heavy atom. The normalized spacial score (nSPS) is 13.0. The van der Waals surface area contributed by atoms with Gasteiger partial charge in [-0.25, -0.2) is 0 Å². The molecule has 0 aliphatic heterocycles. The fraction of sp³-hybridized carbons (Fsp3) is 0.889. The molecule has 0 aromatic heterocycles. The summed E-state index contributed by atoms with van der Waals surface area (Å²) in [6.07, 6.45) is 3.12. The second-order valence-electron chi connectivity index (χ2n) is 2.89. The molecule has 0 spiro atoms. The van der Waals surface area contributed by atoms with Crippen LogP contribution in [0.4, 0.5) is 0 Å². The number of hydrogen-bond donors (Lipinski definition) is 1. The van der Waals surface area contributed by atoms with Crippen LogP contribution in [0.15, 0.2) is 0 Å². The molecular formula is C9H19NO. The SMILES string of the molecule is CCC[C@@H](CC)C(=O)CNC. The third kappa shape index (κ3) is 4.14. The number of Topliss-reactive ketones (excluding diaryl/α,β-unsaturated/α-hetero) is 1. The summed E-state index contributed by atoms with van der Waals surface area (Å²) >= 11 is 0. The number of rotatable bonds is 6. The summed E-state index contributed by atoms with van der Waals surface area (Å²) in [5.74, 6) is 0.643. The lowest BCUT2D eigenvalue weighted by atomic mass is 9.96. The first-order valence-electron chi connectivity index (χ1n) is 4.43. The molecule has 0 saturated carbocycles. The van der Waals surface area contributed by atoms with E-state index >= 15 is 0 Å². The topological polar surface area (TPSA) is 29.1 Å². The number of likely N-dealkylation sites (N-methyl/N-ethyl adjacent to an activating group) is 1. The maximum atomic E-state index is 11.3. The van der Waals surface area contributed by atoms with Crippen LogP contribution in [0.2, 0.25) is 0 Å². The molecule has 0 rings (SSSR count). The number of carbonyl (C=O) groups is 1. The van der Waals surface area contributed by atoms with Crippen LogP contribution in [0.1, 0.15) is 33.1 Å². The van der Waals surface area contributed by atoms with Gasteiger partial charge in [0.2, 0.25) is 0 Å². The smallest absolute Gasteiger partial charge is 0.149 e. The maximum absolute atomic E-state index is 11.3. The van der Waals surface area contributed by atoms with Crippen LogP contribution >= 0.6 is 0 Å². The fourth-order valence-electron chi connectivity index (χ4n) is 1.26. The van der Waals surface area contributed by atoms with E-state index in [0.29, 0.717) is 12.3 Å². The molecular weight excluding hydrogens is 138 g/mol. The van der Waals surface area contributed by atoms with Crippen LogP contribution in [0.3, 0.4) is 0 Å². The van der Waals surface area contributed by atoms with Crippen molar-refractivity contribution in [2.45, 2.75) is 33.1 Å². The van der Waals surface area contributed by atoms with Gasteiger partial charge >= 0.3 is 0 Å². The van der Waals surface area contributed by atoms with Crippen LogP contribution in [0.25, 0.3) is 0 Å². The molecule has 0 aliphatic rings. The van der Waals surface area contributed by atoms with Crippen molar-refractivity contribution in [3.8, 4) is 0 Å². The second kappa shape index (κ2) is 6.35. The van der Waals surface area contributed by atoms with E-state index in [-0.39, 0.29) is 5.92 Å². The zero-order chi connectivity index (χ0) is 8.69. The van der Waals surface area contributed by atoms with Crippen molar-refractivity contribution < 1.29 is 4.79 Å². The molecule has 0 heterocycles. The third-order valence-electron chi connectivity index (χ3n) is 1.94. The fourth-order valence-corrected chi connectivity index (χ4v) is 1.26. The van der Waals surface area contributed by atoms with E-state index in [4.69, 9.17) is 0 Å². The molecule has 2 nitrogen and oxygen atoms in total. The highest BCUT2D eigenvalue weighted by molar-refractivity contribution is 5.82. The van der Waals surface area contributed by atoms with Gasteiger partial charge in [-0.05, 0) is 19.9 Å². The molecule has 0 amide bonds. The lowest BCUT2D eigenvalue weighted by Gasteiger charge is -2.11. The first kappa shape index (κ1) is 10.6. The van der Waals surface area contributed by atoms with E-state index < -0.39 is 0 Å². The molecule has 0 unspecified atom stereocenters. The minimum atomic E-state index is 0.285. The average Bonchev–Trinajstić information content (AvgIpc) is 2.00. The van der Waals surface area contributed by atoms with Crippen LogP contribution in [0.5, 0.6) is 0 Å². The summed E-state index contributed by atoms with van der Waals surface area (Å²) in [4.78, 5) is 11.3. The molecule has 0 radical (unpaired) electrons. The van der Waals surface area contributed by atoms with Crippen molar-refractivity contribution >= 4 is 5.78 Å². The molecule has 0 aromatic rings. The Hall–Kier alpha value is -0.370. The van der Waals surface area contributed by atoms with Gasteiger partial charge in [-0.1, -0.05) is 20.3 Å². The van der Waals surface area contributed by atoms with Crippen molar-refractivity contribution in [1.82, 2.24) is 5.32 Å². The summed E-state index contributed by atoms with van der Waals surface area (Å²) in [6.45, 7) is 4.72. The molecule has 0 aliphatic carbocycles. The standard InChI is InChI=1S/C9H19NO/c1-4-6-8(5-2)9(11)7-10-3/h8,10H,4-7H2,1-3H3/t8-/m1/s1. The molecule has 1 atom stereocenters. The molecule has 0 saturated heterocycles. The van der Waals surface area contributed by atoms with Crippen molar-refractivity contribution in [3.05, 3.63) is 0 Å². The second-order valence-corrected chi connectivity index (χ2v) is 2.89. The van der Waals surface area contributed by atoms with Gasteiger partial charge in [0, 0.05) is 5.92 Å². The third-order valence-corrected chi connectivity index (χ3v) is 1.94. The van der Waals surface area contributed by atoms with E-state index in [9.17, 15) is 4.79 Å². The number of carbonyl (C=O) groups excluding carboxylic acids is 1. The maximum Gasteiger partial charge on any atom is 0.149 e. The summed E-state index contributed by atoms with van der Waals surface area (Å²) in [7, 11) is 1.82. The highest BCUT2D eigenvalue weighted by Gasteiger charge is 2.13. The lowest BCUT2D eigenvalue weighted by molar-refractivity contribution is -0.122. The highest BCUT2D eigenvalue weighted by Crippen LogP contribution is 2.10. The first-order valence-corrected chi connectivity index (χ1v) is 4.43. The van der Waals surface area contributed by atoms with E-state index in [0.717, 1.165) is 19.3 Å². The number of hydrogen-bond acceptors (Lipinski definition) is 2. The summed E-state index contributed by atoms with van der Waals surface area (Å²) in [5.41, 5.74) is 0. The Bertz CT molecular complexity index is 112. The first-order chi connectivity index (χ1) is 5.26. The van der Waals surface area contributed by atoms with Gasteiger partial charge in [-0.3, -0.25) is 4.79 Å². The Labute approximate surface area is 69.4 Å². The minimum Gasteiger partial charge on any atom is -0.313 e. The van der Waals surface area contributed by atoms with Gasteiger partial charge in [0.15, 0.2) is 0 Å². The number of ketones is 1. The van der Waals surface area contributed by atoms with E-state index in [1.165, 1.54) is 0 Å². The number of nitrogens with one attached hydrogen (secondary N) is 1. The summed E-state index contributed by atoms with van der Waals surface area (Å²) in [5, 5.41) is 2.89. The Kier molecular flexibility index (Phi) is 6.13. The van der Waals surface area contributed by atoms with Crippen molar-refractivity contribution in [2.24, 2.45) is 5.92 Å². The molecule has 0 aromatic carbocycles. The van der Waals surface area contributed by atoms with Gasteiger partial charge in [0.25, 0.3) is 0 Å². The predicted molar refractivity (Wildman–Crippen MR) is 47.6 cm³/mol. The quantitative estimate of drug-likeness (QED) is 0.634. The molecule has 0 bridgehead atoms.